The van der Waals surface area contributed by atoms with Crippen molar-refractivity contribution in [2.45, 2.75) is 51.4 Å². The molecule has 2 rings (SSSR count). The van der Waals surface area contributed by atoms with Gasteiger partial charge in [0, 0.05) is 11.8 Å². The maximum Gasteiger partial charge on any atom is 0.301 e. The second-order valence-corrected chi connectivity index (χ2v) is 5.63. The van der Waals surface area contributed by atoms with Crippen molar-refractivity contribution in [3.05, 3.63) is 38.4 Å². The summed E-state index contributed by atoms with van der Waals surface area (Å²) in [4.78, 5) is 20.5. The summed E-state index contributed by atoms with van der Waals surface area (Å²) < 4.78 is 0. The molecule has 0 bridgehead atoms. The normalized spacial score (nSPS) is 15.9. The van der Waals surface area contributed by atoms with Gasteiger partial charge < -0.3 is 0 Å². The summed E-state index contributed by atoms with van der Waals surface area (Å²) in [7, 11) is 0. The highest BCUT2D eigenvalue weighted by Gasteiger charge is 2.19. The van der Waals surface area contributed by atoms with E-state index < -0.39 is 9.85 Å². The summed E-state index contributed by atoms with van der Waals surface area (Å²) in [6, 6.07) is 3.51. The number of nitrogens with zero attached hydrogens (tertiary/aromatic N) is 3. The molecule has 8 nitrogen and oxygen atoms in total. The highest BCUT2D eigenvalue weighted by Crippen LogP contribution is 2.29. The van der Waals surface area contributed by atoms with E-state index >= 15 is 0 Å². The molecule has 0 heterocycles. The minimum Gasteiger partial charge on any atom is -0.272 e. The van der Waals surface area contributed by atoms with E-state index in [4.69, 9.17) is 0 Å². The Morgan fingerprint density at radius 1 is 0.913 bits per heavy atom. The van der Waals surface area contributed by atoms with Crippen LogP contribution in [0.5, 0.6) is 0 Å². The molecule has 0 atom stereocenters. The van der Waals surface area contributed by atoms with Crippen molar-refractivity contribution in [1.82, 2.24) is 0 Å². The van der Waals surface area contributed by atoms with Gasteiger partial charge >= 0.3 is 5.69 Å². The average Bonchev–Trinajstić information content (AvgIpc) is 2.66. The Bertz CT molecular complexity index is 603. The first kappa shape index (κ1) is 16.9. The lowest BCUT2D eigenvalue weighted by Crippen LogP contribution is -2.04. The minimum atomic E-state index is -0.652. The zero-order valence-corrected chi connectivity index (χ0v) is 12.9. The smallest absolute Gasteiger partial charge is 0.272 e. The highest BCUT2D eigenvalue weighted by molar-refractivity contribution is 5.85. The zero-order chi connectivity index (χ0) is 16.7. The molecule has 1 aromatic carbocycles. The first-order chi connectivity index (χ1) is 11.1. The second kappa shape index (κ2) is 8.21. The van der Waals surface area contributed by atoms with Crippen molar-refractivity contribution in [3.63, 3.8) is 0 Å². The Morgan fingerprint density at radius 2 is 1.52 bits per heavy atom. The van der Waals surface area contributed by atoms with Gasteiger partial charge in [-0.2, -0.15) is 5.10 Å². The lowest BCUT2D eigenvalue weighted by atomic mass is 10.1. The van der Waals surface area contributed by atoms with E-state index in [9.17, 15) is 20.2 Å². The monoisotopic (exact) mass is 320 g/mol. The summed E-state index contributed by atoms with van der Waals surface area (Å²) in [5.74, 6) is 0. The topological polar surface area (TPSA) is 111 Å². The fourth-order valence-electron chi connectivity index (χ4n) is 2.62. The third-order valence-electron chi connectivity index (χ3n) is 3.90. The number of hydrogen-bond donors (Lipinski definition) is 1. The van der Waals surface area contributed by atoms with E-state index in [0.29, 0.717) is 0 Å². The molecule has 1 fully saturated rings. The summed E-state index contributed by atoms with van der Waals surface area (Å²) >= 11 is 0. The summed E-state index contributed by atoms with van der Waals surface area (Å²) in [6.45, 7) is 0. The molecule has 0 aromatic heterocycles. The van der Waals surface area contributed by atoms with E-state index in [2.05, 4.69) is 10.5 Å². The van der Waals surface area contributed by atoms with Gasteiger partial charge in [-0.05, 0) is 31.7 Å². The minimum absolute atomic E-state index is 0.174. The van der Waals surface area contributed by atoms with Crippen LogP contribution in [0.4, 0.5) is 17.1 Å². The predicted molar refractivity (Wildman–Crippen MR) is 87.7 cm³/mol. The maximum absolute atomic E-state index is 11.1. The van der Waals surface area contributed by atoms with Crippen molar-refractivity contribution in [1.29, 1.82) is 0 Å². The molecule has 1 aromatic rings. The van der Waals surface area contributed by atoms with Crippen molar-refractivity contribution in [2.75, 3.05) is 5.43 Å². The molecular formula is C15H20N4O4. The molecule has 0 unspecified atom stereocenters. The molecule has 0 radical (unpaired) electrons. The third-order valence-corrected chi connectivity index (χ3v) is 3.90. The number of anilines is 1. The van der Waals surface area contributed by atoms with Crippen LogP contribution in [0.3, 0.4) is 0 Å². The molecule has 1 N–H and O–H groups in total. The van der Waals surface area contributed by atoms with Crippen LogP contribution >= 0.6 is 0 Å². The molecule has 0 saturated heterocycles. The lowest BCUT2D eigenvalue weighted by Gasteiger charge is -2.07. The predicted octanol–water partition coefficient (Wildman–Crippen LogP) is 4.41. The van der Waals surface area contributed by atoms with Gasteiger partial charge in [0.1, 0.15) is 5.69 Å². The molecular weight excluding hydrogens is 300 g/mol. The van der Waals surface area contributed by atoms with Crippen LogP contribution in [0, 0.1) is 20.2 Å². The summed E-state index contributed by atoms with van der Waals surface area (Å²) in [5.41, 5.74) is 3.25. The van der Waals surface area contributed by atoms with E-state index in [0.717, 1.165) is 37.5 Å². The quantitative estimate of drug-likeness (QED) is 0.652. The van der Waals surface area contributed by atoms with Crippen LogP contribution in [0.25, 0.3) is 0 Å². The molecule has 0 spiro atoms. The number of hydrogen-bond acceptors (Lipinski definition) is 6. The van der Waals surface area contributed by atoms with Crippen LogP contribution in [0.1, 0.15) is 51.4 Å². The van der Waals surface area contributed by atoms with E-state index in [1.807, 2.05) is 0 Å². The highest BCUT2D eigenvalue weighted by atomic mass is 16.6. The third kappa shape index (κ3) is 5.01. The summed E-state index contributed by atoms with van der Waals surface area (Å²) in [5, 5.41) is 26.1. The Morgan fingerprint density at radius 3 is 2.09 bits per heavy atom. The Labute approximate surface area is 133 Å². The van der Waals surface area contributed by atoms with Crippen LogP contribution < -0.4 is 5.43 Å². The molecule has 124 valence electrons. The van der Waals surface area contributed by atoms with Gasteiger partial charge in [-0.1, -0.05) is 25.7 Å². The number of benzene rings is 1. The average molecular weight is 320 g/mol. The Kier molecular flexibility index (Phi) is 6.02. The van der Waals surface area contributed by atoms with Crippen molar-refractivity contribution in [3.8, 4) is 0 Å². The zero-order valence-electron chi connectivity index (χ0n) is 12.9. The van der Waals surface area contributed by atoms with Gasteiger partial charge in [0.15, 0.2) is 0 Å². The fourth-order valence-corrected chi connectivity index (χ4v) is 2.62. The van der Waals surface area contributed by atoms with Crippen LogP contribution in [0.2, 0.25) is 0 Å². The van der Waals surface area contributed by atoms with Gasteiger partial charge in [-0.3, -0.25) is 25.7 Å². The van der Waals surface area contributed by atoms with Gasteiger partial charge in [-0.15, -0.1) is 0 Å². The molecule has 0 aliphatic heterocycles. The molecule has 1 aliphatic rings. The number of nitrogens with one attached hydrogen (secondary N) is 1. The molecule has 0 amide bonds. The molecule has 1 aliphatic carbocycles. The molecule has 8 heteroatoms. The van der Waals surface area contributed by atoms with Crippen LogP contribution in [0.15, 0.2) is 23.3 Å². The molecule has 23 heavy (non-hydrogen) atoms. The van der Waals surface area contributed by atoms with Gasteiger partial charge in [0.2, 0.25) is 0 Å². The van der Waals surface area contributed by atoms with Gasteiger partial charge in [-0.25, -0.2) is 0 Å². The number of nitro groups is 2. The SMILES string of the molecule is O=[N+]([O-])c1ccc(NN=C2CCCCCCCC2)c([N+](=O)[O-])c1. The second-order valence-electron chi connectivity index (χ2n) is 5.63. The van der Waals surface area contributed by atoms with Gasteiger partial charge in [0.05, 0.1) is 15.9 Å². The summed E-state index contributed by atoms with van der Waals surface area (Å²) in [6.07, 6.45) is 8.75. The maximum atomic E-state index is 11.1. The Hall–Kier alpha value is -2.51. The first-order valence-corrected chi connectivity index (χ1v) is 7.82. The Balaban J connectivity index is 2.15. The van der Waals surface area contributed by atoms with Gasteiger partial charge in [0.25, 0.3) is 5.69 Å². The standard InChI is InChI=1S/C15H20N4O4/c20-18(21)13-9-10-14(15(11-13)19(22)23)17-16-12-7-5-3-1-2-4-6-8-12/h9-11,17H,1-8H2. The fraction of sp³-hybridized carbons (Fsp3) is 0.533. The van der Waals surface area contributed by atoms with Crippen molar-refractivity contribution >= 4 is 22.8 Å². The largest absolute Gasteiger partial charge is 0.301 e. The van der Waals surface area contributed by atoms with Crippen LogP contribution in [-0.4, -0.2) is 15.6 Å². The molecule has 1 saturated carbocycles. The number of non-ortho nitro benzene ring substituents is 1. The van der Waals surface area contributed by atoms with E-state index in [-0.39, 0.29) is 17.1 Å². The lowest BCUT2D eigenvalue weighted by molar-refractivity contribution is -0.393. The van der Waals surface area contributed by atoms with Crippen molar-refractivity contribution < 1.29 is 9.85 Å². The van der Waals surface area contributed by atoms with Crippen molar-refractivity contribution in [2.24, 2.45) is 5.10 Å². The van der Waals surface area contributed by atoms with Crippen LogP contribution in [-0.2, 0) is 0 Å². The number of nitro benzene ring substituents is 2. The number of hydrazone groups is 1. The van der Waals surface area contributed by atoms with E-state index in [1.54, 1.807) is 0 Å². The number of rotatable bonds is 4. The first-order valence-electron chi connectivity index (χ1n) is 7.82. The van der Waals surface area contributed by atoms with E-state index in [1.165, 1.54) is 37.8 Å².